The van der Waals surface area contributed by atoms with Crippen molar-refractivity contribution in [1.29, 1.82) is 0 Å². The first-order valence-corrected chi connectivity index (χ1v) is 8.31. The minimum atomic E-state index is -0.748. The maximum Gasteiger partial charge on any atom is 0.172 e. The molecule has 6 rings (SSSR count). The Hall–Kier alpha value is -4.01. The lowest BCUT2D eigenvalue weighted by Gasteiger charge is -2.19. The molecule has 1 unspecified atom stereocenters. The van der Waals surface area contributed by atoms with Crippen LogP contribution in [0.2, 0.25) is 0 Å². The van der Waals surface area contributed by atoms with Crippen molar-refractivity contribution in [3.63, 3.8) is 0 Å². The number of rotatable bonds is 1. The molecular formula is C18H10N8O. The molecule has 0 aliphatic carbocycles. The van der Waals surface area contributed by atoms with Crippen LogP contribution in [0.4, 0.5) is 11.6 Å². The van der Waals surface area contributed by atoms with Gasteiger partial charge in [-0.25, -0.2) is 30.0 Å². The molecule has 2 aromatic heterocycles. The second kappa shape index (κ2) is 5.01. The van der Waals surface area contributed by atoms with E-state index >= 15 is 0 Å². The fourth-order valence-electron chi connectivity index (χ4n) is 3.40. The number of amidine groups is 4. The minimum absolute atomic E-state index is 0.523. The van der Waals surface area contributed by atoms with Crippen molar-refractivity contribution in [3.8, 4) is 0 Å². The number of aldehydes is 1. The van der Waals surface area contributed by atoms with Gasteiger partial charge in [0.1, 0.15) is 22.6 Å². The molecule has 0 N–H and O–H groups in total. The molecule has 4 aliphatic rings. The Labute approximate surface area is 151 Å². The summed E-state index contributed by atoms with van der Waals surface area (Å²) in [5.74, 6) is 3.22. The molecule has 0 saturated heterocycles. The molecule has 0 saturated carbocycles. The van der Waals surface area contributed by atoms with Gasteiger partial charge in [0.25, 0.3) is 0 Å². The van der Waals surface area contributed by atoms with E-state index in [1.54, 1.807) is 33.4 Å². The zero-order valence-corrected chi connectivity index (χ0v) is 13.8. The lowest BCUT2D eigenvalue weighted by atomic mass is 10.4. The molecule has 9 nitrogen and oxygen atoms in total. The monoisotopic (exact) mass is 354 g/mol. The number of hydrogen-bond donors (Lipinski definition) is 0. The van der Waals surface area contributed by atoms with E-state index in [1.807, 2.05) is 24.3 Å². The van der Waals surface area contributed by atoms with Crippen molar-refractivity contribution in [3.05, 3.63) is 59.5 Å². The van der Waals surface area contributed by atoms with Crippen molar-refractivity contribution in [2.24, 2.45) is 30.0 Å². The van der Waals surface area contributed by atoms with Gasteiger partial charge in [-0.15, -0.1) is 0 Å². The van der Waals surface area contributed by atoms with Gasteiger partial charge in [-0.05, 0) is 48.6 Å². The fraction of sp³-hybridized carbons (Fsp3) is 0.0556. The van der Waals surface area contributed by atoms with Crippen molar-refractivity contribution in [2.75, 3.05) is 0 Å². The summed E-state index contributed by atoms with van der Waals surface area (Å²) in [6, 6.07) is 7.24. The number of aliphatic imine (C=N–C) groups is 4. The first kappa shape index (κ1) is 14.2. The normalized spacial score (nSPS) is 27.2. The summed E-state index contributed by atoms with van der Waals surface area (Å²) in [6.07, 6.45) is 7.24. The summed E-state index contributed by atoms with van der Waals surface area (Å²) in [6.45, 7) is 0. The van der Waals surface area contributed by atoms with Gasteiger partial charge in [0.15, 0.2) is 35.8 Å². The van der Waals surface area contributed by atoms with Crippen molar-refractivity contribution in [2.45, 2.75) is 6.17 Å². The van der Waals surface area contributed by atoms with Crippen LogP contribution in [0, 0.1) is 0 Å². The highest BCUT2D eigenvalue weighted by Crippen LogP contribution is 2.30. The fourth-order valence-corrected chi connectivity index (χ4v) is 3.40. The Kier molecular flexibility index (Phi) is 2.63. The number of hydrogen-bond acceptors (Lipinski definition) is 7. The van der Waals surface area contributed by atoms with Gasteiger partial charge < -0.3 is 0 Å². The molecule has 2 aromatic rings. The number of carbonyl (C=O) groups excluding carboxylic acids is 1. The zero-order valence-electron chi connectivity index (χ0n) is 13.8. The third-order valence-corrected chi connectivity index (χ3v) is 4.54. The second-order valence-electron chi connectivity index (χ2n) is 6.16. The van der Waals surface area contributed by atoms with E-state index in [2.05, 4.69) is 30.0 Å². The Balaban J connectivity index is 1.84. The standard InChI is InChI=1S/C18H10N8O/c27-9-18-25-14-5-6-16(25)23-12-3-4-13(20-12)24-17-8-7-15(26(17)18)22-11-2-1-10(19-11)21-14/h1-9,18H/b21-10-,21-14?,22-11?,22-15-,23-12-,23-16?,24-13?,24-17-. The molecule has 0 spiro atoms. The Bertz CT molecular complexity index is 1250. The highest BCUT2D eigenvalue weighted by Gasteiger charge is 2.24. The predicted octanol–water partition coefficient (Wildman–Crippen LogP) is 0.798. The number of aromatic nitrogens is 2. The molecular weight excluding hydrogens is 344 g/mol. The third kappa shape index (κ3) is 2.02. The molecule has 0 aromatic carbocycles. The maximum absolute atomic E-state index is 12.2. The van der Waals surface area contributed by atoms with E-state index in [9.17, 15) is 4.79 Å². The number of fused-ring (bicyclic) bond motifs is 2. The van der Waals surface area contributed by atoms with Crippen molar-refractivity contribution < 1.29 is 4.79 Å². The highest BCUT2D eigenvalue weighted by molar-refractivity contribution is 6.16. The quantitative estimate of drug-likeness (QED) is 0.695. The van der Waals surface area contributed by atoms with Gasteiger partial charge in [0.05, 0.1) is 0 Å². The summed E-state index contributed by atoms with van der Waals surface area (Å²) in [5, 5.41) is 0. The molecule has 0 radical (unpaired) electrons. The van der Waals surface area contributed by atoms with Crippen LogP contribution in [0.3, 0.4) is 0 Å². The maximum atomic E-state index is 12.2. The Morgan fingerprint density at radius 3 is 1.59 bits per heavy atom. The second-order valence-corrected chi connectivity index (χ2v) is 6.16. The summed E-state index contributed by atoms with van der Waals surface area (Å²) in [7, 11) is 0. The largest absolute Gasteiger partial charge is 0.299 e. The van der Waals surface area contributed by atoms with E-state index in [0.29, 0.717) is 46.0 Å². The van der Waals surface area contributed by atoms with Gasteiger partial charge >= 0.3 is 0 Å². The van der Waals surface area contributed by atoms with E-state index in [0.717, 1.165) is 6.29 Å². The minimum Gasteiger partial charge on any atom is -0.299 e. The molecule has 6 heterocycles. The Morgan fingerprint density at radius 1 is 0.630 bits per heavy atom. The van der Waals surface area contributed by atoms with Crippen LogP contribution in [-0.2, 0) is 4.79 Å². The van der Waals surface area contributed by atoms with Crippen LogP contribution >= 0.6 is 0 Å². The van der Waals surface area contributed by atoms with Gasteiger partial charge in [-0.1, -0.05) is 0 Å². The molecule has 27 heavy (non-hydrogen) atoms. The predicted molar refractivity (Wildman–Crippen MR) is 99.0 cm³/mol. The van der Waals surface area contributed by atoms with Crippen LogP contribution in [0.1, 0.15) is 6.17 Å². The van der Waals surface area contributed by atoms with Crippen LogP contribution in [-0.4, -0.2) is 38.8 Å². The smallest absolute Gasteiger partial charge is 0.172 e. The van der Waals surface area contributed by atoms with Crippen LogP contribution in [0.5, 0.6) is 0 Å². The molecule has 6 bridgehead atoms. The van der Waals surface area contributed by atoms with E-state index in [-0.39, 0.29) is 0 Å². The lowest BCUT2D eigenvalue weighted by molar-refractivity contribution is -0.111. The SMILES string of the molecule is O=CC1n2c3ccc2/N=C2/C=CC(=N2)/N=c2/cc/c(n21)=N/C1=NC(=N\3)/C=C1. The average Bonchev–Trinajstić information content (AvgIpc) is 3.43. The zero-order chi connectivity index (χ0) is 18.0. The van der Waals surface area contributed by atoms with E-state index in [1.165, 1.54) is 0 Å². The third-order valence-electron chi connectivity index (χ3n) is 4.54. The summed E-state index contributed by atoms with van der Waals surface area (Å²) < 4.78 is 3.48. The van der Waals surface area contributed by atoms with E-state index in [4.69, 9.17) is 0 Å². The molecule has 0 fully saturated rings. The van der Waals surface area contributed by atoms with E-state index < -0.39 is 6.17 Å². The van der Waals surface area contributed by atoms with Gasteiger partial charge in [0, 0.05) is 0 Å². The first-order chi connectivity index (χ1) is 13.3. The molecule has 9 heteroatoms. The molecule has 1 atom stereocenters. The first-order valence-electron chi connectivity index (χ1n) is 8.31. The Morgan fingerprint density at radius 2 is 1.11 bits per heavy atom. The van der Waals surface area contributed by atoms with Crippen molar-refractivity contribution >= 4 is 41.3 Å². The van der Waals surface area contributed by atoms with Crippen LogP contribution in [0.25, 0.3) is 0 Å². The summed E-state index contributed by atoms with van der Waals surface area (Å²) in [4.78, 5) is 39.4. The molecule has 0 amide bonds. The van der Waals surface area contributed by atoms with Gasteiger partial charge in [-0.2, -0.15) is 0 Å². The number of carbonyl (C=O) groups is 1. The topological polar surface area (TPSA) is 101 Å². The van der Waals surface area contributed by atoms with Gasteiger partial charge in [0.2, 0.25) is 0 Å². The van der Waals surface area contributed by atoms with Crippen molar-refractivity contribution in [1.82, 2.24) is 9.13 Å². The van der Waals surface area contributed by atoms with Crippen LogP contribution in [0.15, 0.2) is 78.5 Å². The average molecular weight is 354 g/mol. The number of nitrogens with zero attached hydrogens (tertiary/aromatic N) is 8. The molecule has 4 aliphatic heterocycles. The summed E-state index contributed by atoms with van der Waals surface area (Å²) >= 11 is 0. The molecule has 128 valence electrons. The highest BCUT2D eigenvalue weighted by atomic mass is 16.1. The lowest BCUT2D eigenvalue weighted by Crippen LogP contribution is -2.37. The summed E-state index contributed by atoms with van der Waals surface area (Å²) in [5.41, 5.74) is 1.13. The van der Waals surface area contributed by atoms with Crippen LogP contribution < -0.4 is 11.0 Å². The van der Waals surface area contributed by atoms with Gasteiger partial charge in [-0.3, -0.25) is 13.9 Å².